The number of rotatable bonds is 3. The van der Waals surface area contributed by atoms with Crippen LogP contribution in [0.15, 0.2) is 10.7 Å². The summed E-state index contributed by atoms with van der Waals surface area (Å²) in [6.07, 6.45) is -3.14. The van der Waals surface area contributed by atoms with E-state index in [0.29, 0.717) is 4.60 Å². The Kier molecular flexibility index (Phi) is 3.73. The molecule has 15 heavy (non-hydrogen) atoms. The highest BCUT2D eigenvalue weighted by Gasteiger charge is 2.19. The summed E-state index contributed by atoms with van der Waals surface area (Å²) in [5.41, 5.74) is -0.0481. The predicted octanol–water partition coefficient (Wildman–Crippen LogP) is 2.72. The molecule has 1 aromatic heterocycles. The molecule has 0 bridgehead atoms. The zero-order chi connectivity index (χ0) is 11.6. The predicted molar refractivity (Wildman–Crippen MR) is 53.0 cm³/mol. The summed E-state index contributed by atoms with van der Waals surface area (Å²) in [4.78, 5) is 14.3. The number of hydrogen-bond donors (Lipinski definition) is 1. The number of carboxylic acid groups (broad SMARTS) is 1. The van der Waals surface area contributed by atoms with E-state index >= 15 is 0 Å². The molecule has 0 aliphatic heterocycles. The summed E-state index contributed by atoms with van der Waals surface area (Å²) in [5, 5.41) is 8.57. The number of hydrogen-bond acceptors (Lipinski definition) is 2. The lowest BCUT2D eigenvalue weighted by atomic mass is 10.0. The second-order valence-electron chi connectivity index (χ2n) is 2.97. The van der Waals surface area contributed by atoms with E-state index in [1.165, 1.54) is 13.0 Å². The fourth-order valence-electron chi connectivity index (χ4n) is 1.31. The molecule has 0 atom stereocenters. The second kappa shape index (κ2) is 4.65. The van der Waals surface area contributed by atoms with Crippen LogP contribution in [0.4, 0.5) is 8.78 Å². The van der Waals surface area contributed by atoms with Crippen molar-refractivity contribution in [2.24, 2.45) is 0 Å². The summed E-state index contributed by atoms with van der Waals surface area (Å²) in [6.45, 7) is 1.43. The highest BCUT2D eigenvalue weighted by Crippen LogP contribution is 2.27. The monoisotopic (exact) mass is 279 g/mol. The third-order valence-electron chi connectivity index (χ3n) is 1.86. The van der Waals surface area contributed by atoms with Crippen molar-refractivity contribution in [2.45, 2.75) is 19.8 Å². The molecule has 82 valence electrons. The summed E-state index contributed by atoms with van der Waals surface area (Å²) in [7, 11) is 0. The van der Waals surface area contributed by atoms with Crippen LogP contribution in [-0.4, -0.2) is 16.1 Å². The van der Waals surface area contributed by atoms with Gasteiger partial charge in [0.05, 0.1) is 6.42 Å². The Morgan fingerprint density at radius 3 is 2.73 bits per heavy atom. The molecule has 1 N–H and O–H groups in total. The molecule has 0 unspecified atom stereocenters. The zero-order valence-corrected chi connectivity index (χ0v) is 9.38. The zero-order valence-electron chi connectivity index (χ0n) is 7.80. The molecule has 1 heterocycles. The summed E-state index contributed by atoms with van der Waals surface area (Å²) >= 11 is 3.04. The van der Waals surface area contributed by atoms with Gasteiger partial charge in [0.2, 0.25) is 0 Å². The molecule has 0 fully saturated rings. The maximum atomic E-state index is 12.6. The van der Waals surface area contributed by atoms with Crippen molar-refractivity contribution < 1.29 is 18.7 Å². The molecule has 0 aliphatic carbocycles. The van der Waals surface area contributed by atoms with Crippen LogP contribution in [0.3, 0.4) is 0 Å². The van der Waals surface area contributed by atoms with Gasteiger partial charge in [-0.25, -0.2) is 13.8 Å². The molecule has 1 aromatic rings. The molecule has 0 aromatic carbocycles. The number of aliphatic carboxylic acids is 1. The highest BCUT2D eigenvalue weighted by atomic mass is 79.9. The number of alkyl halides is 2. The lowest BCUT2D eigenvalue weighted by Gasteiger charge is -2.10. The van der Waals surface area contributed by atoms with Crippen LogP contribution in [0.5, 0.6) is 0 Å². The molecule has 0 spiro atoms. The SMILES string of the molecule is Cc1nc(Br)cc(CC(=O)O)c1C(F)F. The van der Waals surface area contributed by atoms with E-state index in [0.717, 1.165) is 0 Å². The topological polar surface area (TPSA) is 50.2 Å². The van der Waals surface area contributed by atoms with E-state index in [1.54, 1.807) is 0 Å². The molecule has 3 nitrogen and oxygen atoms in total. The molecule has 0 aliphatic rings. The number of pyridine rings is 1. The van der Waals surface area contributed by atoms with Crippen molar-refractivity contribution in [1.29, 1.82) is 0 Å². The first-order valence-corrected chi connectivity index (χ1v) is 4.87. The van der Waals surface area contributed by atoms with Gasteiger partial charge in [0.1, 0.15) is 4.60 Å². The molecule has 0 saturated heterocycles. The van der Waals surface area contributed by atoms with Crippen LogP contribution in [0.2, 0.25) is 0 Å². The van der Waals surface area contributed by atoms with Gasteiger partial charge in [-0.05, 0) is 34.5 Å². The van der Waals surface area contributed by atoms with E-state index in [-0.39, 0.29) is 16.8 Å². The van der Waals surface area contributed by atoms with E-state index in [2.05, 4.69) is 20.9 Å². The molecular weight excluding hydrogens is 272 g/mol. The maximum absolute atomic E-state index is 12.6. The number of aromatic nitrogens is 1. The Labute approximate surface area is 93.3 Å². The van der Waals surface area contributed by atoms with Gasteiger partial charge in [-0.2, -0.15) is 0 Å². The largest absolute Gasteiger partial charge is 0.481 e. The van der Waals surface area contributed by atoms with Crippen LogP contribution in [0.1, 0.15) is 23.2 Å². The molecule has 0 saturated carbocycles. The van der Waals surface area contributed by atoms with Crippen molar-refractivity contribution >= 4 is 21.9 Å². The summed E-state index contributed by atoms with van der Waals surface area (Å²) in [5.74, 6) is -1.14. The fraction of sp³-hybridized carbons (Fsp3) is 0.333. The Bertz CT molecular complexity index is 396. The third-order valence-corrected chi connectivity index (χ3v) is 2.27. The van der Waals surface area contributed by atoms with Crippen molar-refractivity contribution in [3.05, 3.63) is 27.5 Å². The fourth-order valence-corrected chi connectivity index (χ4v) is 1.86. The minimum absolute atomic E-state index is 0.0943. The standard InChI is InChI=1S/C9H8BrF2NO2/c1-4-8(9(11)12)5(3-7(14)15)2-6(10)13-4/h2,9H,3H2,1H3,(H,14,15). The lowest BCUT2D eigenvalue weighted by molar-refractivity contribution is -0.136. The van der Waals surface area contributed by atoms with Gasteiger partial charge in [0, 0.05) is 11.3 Å². The van der Waals surface area contributed by atoms with Gasteiger partial charge in [0.15, 0.2) is 0 Å². The first kappa shape index (κ1) is 12.0. The van der Waals surface area contributed by atoms with Gasteiger partial charge >= 0.3 is 5.97 Å². The van der Waals surface area contributed by atoms with Gasteiger partial charge in [-0.3, -0.25) is 4.79 Å². The van der Waals surface area contributed by atoms with Gasteiger partial charge in [0.25, 0.3) is 6.43 Å². The van der Waals surface area contributed by atoms with Crippen molar-refractivity contribution in [3.8, 4) is 0 Å². The van der Waals surface area contributed by atoms with Crippen LogP contribution < -0.4 is 0 Å². The number of aryl methyl sites for hydroxylation is 1. The van der Waals surface area contributed by atoms with Crippen molar-refractivity contribution in [2.75, 3.05) is 0 Å². The average molecular weight is 280 g/mol. The Balaban J connectivity index is 3.26. The smallest absolute Gasteiger partial charge is 0.307 e. The minimum atomic E-state index is -2.71. The Morgan fingerprint density at radius 2 is 2.27 bits per heavy atom. The Morgan fingerprint density at radius 1 is 1.67 bits per heavy atom. The van der Waals surface area contributed by atoms with Crippen LogP contribution >= 0.6 is 15.9 Å². The van der Waals surface area contributed by atoms with Crippen LogP contribution in [-0.2, 0) is 11.2 Å². The highest BCUT2D eigenvalue weighted by molar-refractivity contribution is 9.10. The first-order chi connectivity index (χ1) is 6.91. The minimum Gasteiger partial charge on any atom is -0.481 e. The lowest BCUT2D eigenvalue weighted by Crippen LogP contribution is -2.07. The van der Waals surface area contributed by atoms with Crippen molar-refractivity contribution in [3.63, 3.8) is 0 Å². The van der Waals surface area contributed by atoms with Crippen molar-refractivity contribution in [1.82, 2.24) is 4.98 Å². The number of carboxylic acids is 1. The summed E-state index contributed by atoms with van der Waals surface area (Å²) < 4.78 is 25.6. The second-order valence-corrected chi connectivity index (χ2v) is 3.79. The van der Waals surface area contributed by atoms with Gasteiger partial charge in [-0.1, -0.05) is 0 Å². The van der Waals surface area contributed by atoms with E-state index in [9.17, 15) is 13.6 Å². The number of carbonyl (C=O) groups is 1. The number of nitrogens with zero attached hydrogens (tertiary/aromatic N) is 1. The van der Waals surface area contributed by atoms with Gasteiger partial charge in [-0.15, -0.1) is 0 Å². The van der Waals surface area contributed by atoms with Crippen LogP contribution in [0.25, 0.3) is 0 Å². The molecule has 0 radical (unpaired) electrons. The van der Waals surface area contributed by atoms with Crippen LogP contribution in [0, 0.1) is 6.92 Å². The molecular formula is C9H8BrF2NO2. The van der Waals surface area contributed by atoms with E-state index < -0.39 is 18.8 Å². The van der Waals surface area contributed by atoms with E-state index in [1.807, 2.05) is 0 Å². The number of halogens is 3. The Hall–Kier alpha value is -1.04. The summed E-state index contributed by atoms with van der Waals surface area (Å²) in [6, 6.07) is 1.31. The molecule has 6 heteroatoms. The normalized spacial score (nSPS) is 10.7. The maximum Gasteiger partial charge on any atom is 0.307 e. The average Bonchev–Trinajstić information content (AvgIpc) is 1.99. The van der Waals surface area contributed by atoms with E-state index in [4.69, 9.17) is 5.11 Å². The molecule has 0 amide bonds. The van der Waals surface area contributed by atoms with Gasteiger partial charge < -0.3 is 5.11 Å². The first-order valence-electron chi connectivity index (χ1n) is 4.07. The molecule has 1 rings (SSSR count). The quantitative estimate of drug-likeness (QED) is 0.866. The third kappa shape index (κ3) is 2.95.